The van der Waals surface area contributed by atoms with Crippen LogP contribution in [0.5, 0.6) is 0 Å². The Kier molecular flexibility index (Phi) is 3.35. The monoisotopic (exact) mass is 331 g/mol. The van der Waals surface area contributed by atoms with Gasteiger partial charge < -0.3 is 5.32 Å². The van der Waals surface area contributed by atoms with Gasteiger partial charge in [-0.25, -0.2) is 9.67 Å². The zero-order valence-electron chi connectivity index (χ0n) is 14.1. The first-order valence-electron chi connectivity index (χ1n) is 8.88. The first kappa shape index (κ1) is 14.7. The largest absolute Gasteiger partial charge is 0.360 e. The second kappa shape index (κ2) is 5.70. The van der Waals surface area contributed by atoms with Crippen LogP contribution in [-0.4, -0.2) is 32.8 Å². The Morgan fingerprint density at radius 2 is 1.72 bits per heavy atom. The van der Waals surface area contributed by atoms with Crippen molar-refractivity contribution in [2.75, 3.05) is 18.4 Å². The van der Waals surface area contributed by atoms with E-state index in [1.54, 1.807) is 6.33 Å². The number of benzene rings is 2. The molecule has 0 unspecified atom stereocenters. The van der Waals surface area contributed by atoms with Crippen molar-refractivity contribution in [3.8, 4) is 11.4 Å². The Morgan fingerprint density at radius 1 is 0.960 bits per heavy atom. The van der Waals surface area contributed by atoms with Crippen LogP contribution in [0, 0.1) is 0 Å². The van der Waals surface area contributed by atoms with E-state index in [1.165, 1.54) is 11.3 Å². The van der Waals surface area contributed by atoms with Crippen LogP contribution in [0.1, 0.15) is 18.4 Å². The van der Waals surface area contributed by atoms with Gasteiger partial charge in [0.15, 0.2) is 5.82 Å². The van der Waals surface area contributed by atoms with E-state index < -0.39 is 0 Å². The van der Waals surface area contributed by atoms with Crippen molar-refractivity contribution in [1.29, 1.82) is 0 Å². The van der Waals surface area contributed by atoms with Crippen LogP contribution in [-0.2, 0) is 12.2 Å². The predicted molar refractivity (Wildman–Crippen MR) is 98.0 cm³/mol. The van der Waals surface area contributed by atoms with Crippen molar-refractivity contribution in [3.05, 3.63) is 66.5 Å². The summed E-state index contributed by atoms with van der Waals surface area (Å²) in [5.41, 5.74) is 3.52. The van der Waals surface area contributed by atoms with Crippen molar-refractivity contribution < 1.29 is 0 Å². The lowest BCUT2D eigenvalue weighted by Gasteiger charge is -2.45. The zero-order valence-corrected chi connectivity index (χ0v) is 14.1. The SMILES string of the molecule is c1ccc(CN2CCC3(CC2)Nc2ccccc2-c2ncnn23)cc1. The van der Waals surface area contributed by atoms with Gasteiger partial charge in [0.25, 0.3) is 0 Å². The van der Waals surface area contributed by atoms with E-state index in [0.717, 1.165) is 43.9 Å². The Morgan fingerprint density at radius 3 is 2.56 bits per heavy atom. The number of rotatable bonds is 2. The van der Waals surface area contributed by atoms with Crippen LogP contribution in [0.3, 0.4) is 0 Å². The molecule has 0 radical (unpaired) electrons. The van der Waals surface area contributed by atoms with Gasteiger partial charge in [0.1, 0.15) is 12.0 Å². The van der Waals surface area contributed by atoms with Gasteiger partial charge >= 0.3 is 0 Å². The molecule has 3 aromatic rings. The maximum absolute atomic E-state index is 4.57. The van der Waals surface area contributed by atoms with Crippen molar-refractivity contribution in [1.82, 2.24) is 19.7 Å². The van der Waals surface area contributed by atoms with Crippen LogP contribution in [0.15, 0.2) is 60.9 Å². The van der Waals surface area contributed by atoms with E-state index in [-0.39, 0.29) is 5.66 Å². The summed E-state index contributed by atoms with van der Waals surface area (Å²) < 4.78 is 2.11. The summed E-state index contributed by atoms with van der Waals surface area (Å²) >= 11 is 0. The minimum absolute atomic E-state index is 0.159. The van der Waals surface area contributed by atoms with Gasteiger partial charge in [-0.05, 0) is 17.7 Å². The molecule has 1 saturated heterocycles. The summed E-state index contributed by atoms with van der Waals surface area (Å²) in [5, 5.41) is 8.34. The van der Waals surface area contributed by atoms with Gasteiger partial charge in [-0.3, -0.25) is 4.90 Å². The van der Waals surface area contributed by atoms with Gasteiger partial charge in [0.05, 0.1) is 0 Å². The number of anilines is 1. The molecule has 3 heterocycles. The van der Waals surface area contributed by atoms with Crippen LogP contribution < -0.4 is 5.32 Å². The number of piperidine rings is 1. The molecule has 2 aliphatic rings. The normalized spacial score (nSPS) is 18.4. The predicted octanol–water partition coefficient (Wildman–Crippen LogP) is 3.32. The lowest BCUT2D eigenvalue weighted by molar-refractivity contribution is 0.115. The quantitative estimate of drug-likeness (QED) is 0.782. The molecule has 0 bridgehead atoms. The first-order chi connectivity index (χ1) is 12.3. The molecular formula is C20H21N5. The fraction of sp³-hybridized carbons (Fsp3) is 0.300. The Balaban J connectivity index is 1.40. The molecule has 2 aliphatic heterocycles. The molecule has 126 valence electrons. The van der Waals surface area contributed by atoms with Gasteiger partial charge in [0.2, 0.25) is 0 Å². The summed E-state index contributed by atoms with van der Waals surface area (Å²) in [6.45, 7) is 3.10. The number of nitrogens with one attached hydrogen (secondary N) is 1. The molecule has 5 nitrogen and oxygen atoms in total. The first-order valence-corrected chi connectivity index (χ1v) is 8.88. The third-order valence-electron chi connectivity index (χ3n) is 5.42. The minimum atomic E-state index is -0.159. The molecule has 0 aliphatic carbocycles. The Bertz CT molecular complexity index is 878. The minimum Gasteiger partial charge on any atom is -0.360 e. The highest BCUT2D eigenvalue weighted by Crippen LogP contribution is 2.41. The molecule has 25 heavy (non-hydrogen) atoms. The van der Waals surface area contributed by atoms with Crippen molar-refractivity contribution in [2.45, 2.75) is 25.0 Å². The van der Waals surface area contributed by atoms with Crippen LogP contribution in [0.25, 0.3) is 11.4 Å². The highest BCUT2D eigenvalue weighted by Gasteiger charge is 2.42. The highest BCUT2D eigenvalue weighted by atomic mass is 15.5. The third kappa shape index (κ3) is 2.43. The molecule has 0 atom stereocenters. The van der Waals surface area contributed by atoms with Crippen molar-refractivity contribution >= 4 is 5.69 Å². The number of aromatic nitrogens is 3. The second-order valence-corrected chi connectivity index (χ2v) is 6.96. The van der Waals surface area contributed by atoms with E-state index in [1.807, 2.05) is 0 Å². The Labute approximate surface area is 147 Å². The maximum atomic E-state index is 4.57. The maximum Gasteiger partial charge on any atom is 0.162 e. The van der Waals surface area contributed by atoms with E-state index in [9.17, 15) is 0 Å². The molecule has 5 rings (SSSR count). The molecule has 1 fully saturated rings. The average Bonchev–Trinajstić information content (AvgIpc) is 3.16. The van der Waals surface area contributed by atoms with E-state index in [4.69, 9.17) is 0 Å². The summed E-state index contributed by atoms with van der Waals surface area (Å²) in [7, 11) is 0. The molecule has 1 N–H and O–H groups in total. The van der Waals surface area contributed by atoms with Crippen molar-refractivity contribution in [3.63, 3.8) is 0 Å². The number of para-hydroxylation sites is 1. The van der Waals surface area contributed by atoms with E-state index >= 15 is 0 Å². The number of nitrogens with zero attached hydrogens (tertiary/aromatic N) is 4. The topological polar surface area (TPSA) is 46.0 Å². The number of hydrogen-bond acceptors (Lipinski definition) is 4. The summed E-state index contributed by atoms with van der Waals surface area (Å²) in [6.07, 6.45) is 3.71. The van der Waals surface area contributed by atoms with Gasteiger partial charge in [-0.2, -0.15) is 5.10 Å². The second-order valence-electron chi connectivity index (χ2n) is 6.96. The molecule has 0 amide bonds. The highest BCUT2D eigenvalue weighted by molar-refractivity contribution is 5.76. The van der Waals surface area contributed by atoms with Crippen LogP contribution >= 0.6 is 0 Å². The third-order valence-corrected chi connectivity index (χ3v) is 5.42. The Hall–Kier alpha value is -2.66. The van der Waals surface area contributed by atoms with Crippen LogP contribution in [0.4, 0.5) is 5.69 Å². The molecule has 0 saturated carbocycles. The summed E-state index contributed by atoms with van der Waals surface area (Å²) in [4.78, 5) is 7.06. The lowest BCUT2D eigenvalue weighted by Crippen LogP contribution is -2.52. The standard InChI is InChI=1S/C20H21N5/c1-2-6-16(7-3-1)14-24-12-10-20(11-13-24)23-18-9-5-4-8-17(18)19-21-15-22-25(19)20/h1-9,15,23H,10-14H2. The summed E-state index contributed by atoms with van der Waals surface area (Å²) in [5.74, 6) is 0.978. The van der Waals surface area contributed by atoms with Crippen LogP contribution in [0.2, 0.25) is 0 Å². The molecule has 1 aromatic heterocycles. The molecular weight excluding hydrogens is 310 g/mol. The zero-order chi connectivity index (χ0) is 16.7. The fourth-order valence-corrected chi connectivity index (χ4v) is 4.09. The van der Waals surface area contributed by atoms with Crippen molar-refractivity contribution in [2.24, 2.45) is 0 Å². The molecule has 1 spiro atoms. The number of hydrogen-bond donors (Lipinski definition) is 1. The number of fused-ring (bicyclic) bond motifs is 4. The van der Waals surface area contributed by atoms with Gasteiger partial charge in [0, 0.05) is 43.7 Å². The van der Waals surface area contributed by atoms with Gasteiger partial charge in [-0.1, -0.05) is 42.5 Å². The average molecular weight is 331 g/mol. The lowest BCUT2D eigenvalue weighted by atomic mass is 9.92. The van der Waals surface area contributed by atoms with Gasteiger partial charge in [-0.15, -0.1) is 0 Å². The van der Waals surface area contributed by atoms with E-state index in [2.05, 4.69) is 79.6 Å². The number of likely N-dealkylation sites (tertiary alicyclic amines) is 1. The van der Waals surface area contributed by atoms with E-state index in [0.29, 0.717) is 0 Å². The molecule has 2 aromatic carbocycles. The smallest absolute Gasteiger partial charge is 0.162 e. The fourth-order valence-electron chi connectivity index (χ4n) is 4.09. The summed E-state index contributed by atoms with van der Waals surface area (Å²) in [6, 6.07) is 19.1. The molecule has 5 heteroatoms.